The Morgan fingerprint density at radius 2 is 1.86 bits per heavy atom. The smallest absolute Gasteiger partial charge is 0.255 e. The maximum atomic E-state index is 12.6. The van der Waals surface area contributed by atoms with Crippen LogP contribution >= 0.6 is 0 Å². The molecule has 0 saturated carbocycles. The van der Waals surface area contributed by atoms with Gasteiger partial charge in [0.1, 0.15) is 11.5 Å². The number of methoxy groups -OCH3 is 1. The summed E-state index contributed by atoms with van der Waals surface area (Å²) in [6.07, 6.45) is 3.23. The van der Waals surface area contributed by atoms with Crippen LogP contribution in [-0.2, 0) is 4.79 Å². The van der Waals surface area contributed by atoms with E-state index < -0.39 is 0 Å². The number of anilines is 2. The Balaban J connectivity index is 2.08. The van der Waals surface area contributed by atoms with E-state index in [0.717, 1.165) is 19.3 Å². The predicted octanol–water partition coefficient (Wildman–Crippen LogP) is 5.25. The van der Waals surface area contributed by atoms with E-state index in [-0.39, 0.29) is 17.9 Å². The summed E-state index contributed by atoms with van der Waals surface area (Å²) in [5.41, 5.74) is 1.66. The first-order valence-corrected chi connectivity index (χ1v) is 10.0. The van der Waals surface area contributed by atoms with Crippen LogP contribution in [0.25, 0.3) is 0 Å². The van der Waals surface area contributed by atoms with E-state index in [0.29, 0.717) is 34.9 Å². The van der Waals surface area contributed by atoms with Crippen molar-refractivity contribution < 1.29 is 19.1 Å². The number of nitrogens with one attached hydrogen (secondary N) is 2. The summed E-state index contributed by atoms with van der Waals surface area (Å²) in [4.78, 5) is 24.6. The van der Waals surface area contributed by atoms with Crippen molar-refractivity contribution in [3.8, 4) is 11.5 Å². The van der Waals surface area contributed by atoms with Crippen LogP contribution in [0, 0.1) is 0 Å². The largest absolute Gasteiger partial charge is 0.494 e. The van der Waals surface area contributed by atoms with Crippen molar-refractivity contribution in [2.45, 2.75) is 52.6 Å². The second kappa shape index (κ2) is 11.1. The first-order chi connectivity index (χ1) is 14.0. The molecule has 0 unspecified atom stereocenters. The lowest BCUT2D eigenvalue weighted by Gasteiger charge is -2.14. The van der Waals surface area contributed by atoms with Gasteiger partial charge in [-0.2, -0.15) is 0 Å². The Morgan fingerprint density at radius 3 is 2.55 bits per heavy atom. The predicted molar refractivity (Wildman–Crippen MR) is 116 cm³/mol. The maximum Gasteiger partial charge on any atom is 0.255 e. The van der Waals surface area contributed by atoms with Gasteiger partial charge < -0.3 is 20.1 Å². The summed E-state index contributed by atoms with van der Waals surface area (Å²) in [6, 6.07) is 12.2. The fourth-order valence-corrected chi connectivity index (χ4v) is 2.65. The number of carbonyl (C=O) groups is 2. The lowest BCUT2D eigenvalue weighted by atomic mass is 10.2. The lowest BCUT2D eigenvalue weighted by Crippen LogP contribution is -2.14. The van der Waals surface area contributed by atoms with Crippen molar-refractivity contribution in [2.24, 2.45) is 0 Å². The molecular formula is C23H30N2O4. The highest BCUT2D eigenvalue weighted by molar-refractivity contribution is 6.05. The van der Waals surface area contributed by atoms with Gasteiger partial charge in [0.05, 0.1) is 18.9 Å². The fraction of sp³-hybridized carbons (Fsp3) is 0.391. The van der Waals surface area contributed by atoms with Crippen LogP contribution in [0.5, 0.6) is 11.5 Å². The Morgan fingerprint density at radius 1 is 1.07 bits per heavy atom. The SMILES string of the molecule is CCCCC(=O)Nc1ccc(NC(=O)c2cccc(O[C@@H](C)CC)c2)cc1OC. The molecule has 6 heteroatoms. The monoisotopic (exact) mass is 398 g/mol. The second-order valence-electron chi connectivity index (χ2n) is 6.89. The average molecular weight is 399 g/mol. The van der Waals surface area contributed by atoms with Crippen LogP contribution < -0.4 is 20.1 Å². The highest BCUT2D eigenvalue weighted by atomic mass is 16.5. The molecule has 1 atom stereocenters. The highest BCUT2D eigenvalue weighted by Crippen LogP contribution is 2.28. The Bertz CT molecular complexity index is 835. The Hall–Kier alpha value is -3.02. The molecule has 0 aromatic heterocycles. The number of benzene rings is 2. The van der Waals surface area contributed by atoms with Crippen molar-refractivity contribution in [3.05, 3.63) is 48.0 Å². The van der Waals surface area contributed by atoms with E-state index in [9.17, 15) is 9.59 Å². The number of amides is 2. The van der Waals surface area contributed by atoms with Gasteiger partial charge >= 0.3 is 0 Å². The number of hydrogen-bond donors (Lipinski definition) is 2. The van der Waals surface area contributed by atoms with Gasteiger partial charge in [-0.3, -0.25) is 9.59 Å². The molecule has 29 heavy (non-hydrogen) atoms. The number of rotatable bonds is 10. The molecule has 0 spiro atoms. The molecule has 2 aromatic carbocycles. The minimum absolute atomic E-state index is 0.0555. The Labute approximate surface area is 172 Å². The third-order valence-electron chi connectivity index (χ3n) is 4.50. The molecule has 0 aliphatic heterocycles. The van der Waals surface area contributed by atoms with Crippen molar-refractivity contribution in [1.82, 2.24) is 0 Å². The summed E-state index contributed by atoms with van der Waals surface area (Å²) < 4.78 is 11.1. The number of ether oxygens (including phenoxy) is 2. The average Bonchev–Trinajstić information content (AvgIpc) is 2.73. The van der Waals surface area contributed by atoms with Gasteiger partial charge in [0.15, 0.2) is 0 Å². The Kier molecular flexibility index (Phi) is 8.52. The third kappa shape index (κ3) is 6.82. The van der Waals surface area contributed by atoms with Crippen molar-refractivity contribution in [1.29, 1.82) is 0 Å². The third-order valence-corrected chi connectivity index (χ3v) is 4.50. The molecule has 0 aliphatic carbocycles. The van der Waals surface area contributed by atoms with Gasteiger partial charge in [0.2, 0.25) is 5.91 Å². The van der Waals surface area contributed by atoms with Gasteiger partial charge in [0, 0.05) is 23.7 Å². The second-order valence-corrected chi connectivity index (χ2v) is 6.89. The van der Waals surface area contributed by atoms with Crippen LogP contribution in [0.1, 0.15) is 56.8 Å². The molecule has 2 amide bonds. The lowest BCUT2D eigenvalue weighted by molar-refractivity contribution is -0.116. The van der Waals surface area contributed by atoms with E-state index in [1.165, 1.54) is 7.11 Å². The maximum absolute atomic E-state index is 12.6. The molecule has 2 aromatic rings. The minimum atomic E-state index is -0.249. The summed E-state index contributed by atoms with van der Waals surface area (Å²) in [7, 11) is 1.53. The molecule has 0 saturated heterocycles. The van der Waals surface area contributed by atoms with Gasteiger partial charge in [-0.25, -0.2) is 0 Å². The van der Waals surface area contributed by atoms with Gasteiger partial charge in [-0.15, -0.1) is 0 Å². The molecule has 0 radical (unpaired) electrons. The van der Waals surface area contributed by atoms with Crippen molar-refractivity contribution >= 4 is 23.2 Å². The van der Waals surface area contributed by atoms with E-state index in [1.54, 1.807) is 36.4 Å². The summed E-state index contributed by atoms with van der Waals surface area (Å²) >= 11 is 0. The topological polar surface area (TPSA) is 76.7 Å². The molecule has 156 valence electrons. The molecule has 0 fully saturated rings. The zero-order valence-electron chi connectivity index (χ0n) is 17.6. The first kappa shape index (κ1) is 22.3. The van der Waals surface area contributed by atoms with E-state index >= 15 is 0 Å². The van der Waals surface area contributed by atoms with Crippen LogP contribution in [-0.4, -0.2) is 25.0 Å². The van der Waals surface area contributed by atoms with Crippen LogP contribution in [0.3, 0.4) is 0 Å². The standard InChI is InChI=1S/C23H30N2O4/c1-5-7-11-22(26)25-20-13-12-18(15-21(20)28-4)24-23(27)17-9-8-10-19(14-17)29-16(3)6-2/h8-10,12-16H,5-7,11H2,1-4H3,(H,24,27)(H,25,26)/t16-/m0/s1. The summed E-state index contributed by atoms with van der Waals surface area (Å²) in [6.45, 7) is 6.07. The van der Waals surface area contributed by atoms with E-state index in [2.05, 4.69) is 10.6 Å². The fourth-order valence-electron chi connectivity index (χ4n) is 2.65. The molecular weight excluding hydrogens is 368 g/mol. The minimum Gasteiger partial charge on any atom is -0.494 e. The van der Waals surface area contributed by atoms with E-state index in [4.69, 9.17) is 9.47 Å². The van der Waals surface area contributed by atoms with Crippen LogP contribution in [0.4, 0.5) is 11.4 Å². The van der Waals surface area contributed by atoms with Crippen LogP contribution in [0.2, 0.25) is 0 Å². The molecule has 0 bridgehead atoms. The van der Waals surface area contributed by atoms with Crippen molar-refractivity contribution in [2.75, 3.05) is 17.7 Å². The molecule has 2 rings (SSSR count). The summed E-state index contributed by atoms with van der Waals surface area (Å²) in [5.74, 6) is 0.845. The molecule has 2 N–H and O–H groups in total. The molecule has 0 heterocycles. The molecule has 6 nitrogen and oxygen atoms in total. The van der Waals surface area contributed by atoms with Gasteiger partial charge in [0.25, 0.3) is 5.91 Å². The summed E-state index contributed by atoms with van der Waals surface area (Å²) in [5, 5.41) is 5.70. The number of unbranched alkanes of at least 4 members (excludes halogenated alkanes) is 1. The van der Waals surface area contributed by atoms with E-state index in [1.807, 2.05) is 26.8 Å². The quantitative estimate of drug-likeness (QED) is 0.573. The van der Waals surface area contributed by atoms with Crippen molar-refractivity contribution in [3.63, 3.8) is 0 Å². The van der Waals surface area contributed by atoms with Gasteiger partial charge in [-0.05, 0) is 50.1 Å². The number of hydrogen-bond acceptors (Lipinski definition) is 4. The zero-order valence-corrected chi connectivity index (χ0v) is 17.6. The van der Waals surface area contributed by atoms with Crippen LogP contribution in [0.15, 0.2) is 42.5 Å². The first-order valence-electron chi connectivity index (χ1n) is 10.0. The molecule has 0 aliphatic rings. The normalized spacial score (nSPS) is 11.4. The zero-order chi connectivity index (χ0) is 21.2. The number of carbonyl (C=O) groups excluding carboxylic acids is 2. The van der Waals surface area contributed by atoms with Gasteiger partial charge in [-0.1, -0.05) is 26.3 Å². The highest BCUT2D eigenvalue weighted by Gasteiger charge is 2.12.